The van der Waals surface area contributed by atoms with E-state index in [2.05, 4.69) is 20.9 Å². The summed E-state index contributed by atoms with van der Waals surface area (Å²) in [6, 6.07) is 18.8. The van der Waals surface area contributed by atoms with Crippen molar-refractivity contribution >= 4 is 22.9 Å². The number of amides is 1. The quantitative estimate of drug-likeness (QED) is 0.155. The van der Waals surface area contributed by atoms with Gasteiger partial charge in [0, 0.05) is 56.4 Å². The van der Waals surface area contributed by atoms with Crippen LogP contribution in [0.2, 0.25) is 0 Å². The number of aromatic nitrogens is 2. The molecule has 3 heterocycles. The van der Waals surface area contributed by atoms with Crippen molar-refractivity contribution in [2.24, 2.45) is 0 Å². The number of aromatic amines is 1. The summed E-state index contributed by atoms with van der Waals surface area (Å²) in [6.07, 6.45) is 4.52. The second-order valence-electron chi connectivity index (χ2n) is 13.3. The molecule has 2 saturated heterocycles. The van der Waals surface area contributed by atoms with Gasteiger partial charge in [0.05, 0.1) is 39.0 Å². The van der Waals surface area contributed by atoms with E-state index in [0.717, 1.165) is 80.8 Å². The highest BCUT2D eigenvalue weighted by Gasteiger charge is 2.40. The molecule has 1 amide bonds. The molecule has 1 aromatic heterocycles. The van der Waals surface area contributed by atoms with Crippen LogP contribution < -0.4 is 19.1 Å². The first-order chi connectivity index (χ1) is 24.4. The van der Waals surface area contributed by atoms with Gasteiger partial charge in [0.15, 0.2) is 11.5 Å². The van der Waals surface area contributed by atoms with E-state index in [9.17, 15) is 9.18 Å². The monoisotopic (exact) mass is 687 g/mol. The highest BCUT2D eigenvalue weighted by Crippen LogP contribution is 2.41. The minimum Gasteiger partial charge on any atom is -0.493 e. The molecule has 0 saturated carbocycles. The Morgan fingerprint density at radius 1 is 1.00 bits per heavy atom. The molecule has 268 valence electrons. The number of carbonyl (C=O) groups is 1. The molecule has 0 radical (unpaired) electrons. The van der Waals surface area contributed by atoms with Gasteiger partial charge in [-0.25, -0.2) is 9.37 Å². The molecule has 1 N–H and O–H groups in total. The Kier molecular flexibility index (Phi) is 11.4. The number of benzene rings is 3. The number of hydrogen-bond acceptors (Lipinski definition) is 8. The molecule has 0 bridgehead atoms. The Morgan fingerprint density at radius 3 is 2.44 bits per heavy atom. The first kappa shape index (κ1) is 35.5. The molecule has 4 aromatic rings. The summed E-state index contributed by atoms with van der Waals surface area (Å²) < 4.78 is 37.0. The Bertz CT molecular complexity index is 1680. The lowest BCUT2D eigenvalue weighted by Gasteiger charge is -2.45. The molecule has 1 atom stereocenters. The summed E-state index contributed by atoms with van der Waals surface area (Å²) in [5.41, 5.74) is 3.03. The number of imidazole rings is 1. The van der Waals surface area contributed by atoms with Crippen molar-refractivity contribution in [2.45, 2.75) is 50.5 Å². The number of piperidine rings is 2. The third kappa shape index (κ3) is 7.68. The van der Waals surface area contributed by atoms with Crippen molar-refractivity contribution in [3.63, 3.8) is 0 Å². The van der Waals surface area contributed by atoms with Gasteiger partial charge in [-0.05, 0) is 87.5 Å². The minimum absolute atomic E-state index is 0.108. The maximum absolute atomic E-state index is 14.7. The number of para-hydroxylation sites is 2. The van der Waals surface area contributed by atoms with Gasteiger partial charge in [0.1, 0.15) is 5.82 Å². The zero-order valence-corrected chi connectivity index (χ0v) is 29.8. The smallest absolute Gasteiger partial charge is 0.254 e. The van der Waals surface area contributed by atoms with E-state index < -0.39 is 0 Å². The Morgan fingerprint density at radius 2 is 1.76 bits per heavy atom. The average Bonchev–Trinajstić information content (AvgIpc) is 3.59. The molecule has 2 fully saturated rings. The van der Waals surface area contributed by atoms with E-state index in [1.165, 1.54) is 6.07 Å². The van der Waals surface area contributed by atoms with E-state index in [-0.39, 0.29) is 17.1 Å². The van der Waals surface area contributed by atoms with Crippen LogP contribution in [-0.4, -0.2) is 106 Å². The lowest BCUT2D eigenvalue weighted by molar-refractivity contribution is 0.0605. The van der Waals surface area contributed by atoms with E-state index in [0.29, 0.717) is 55.2 Å². The number of methoxy groups -OCH3 is 3. The predicted octanol–water partition coefficient (Wildman–Crippen LogP) is 6.30. The molecule has 0 spiro atoms. The van der Waals surface area contributed by atoms with Crippen LogP contribution in [-0.2, 0) is 10.2 Å². The highest BCUT2D eigenvalue weighted by molar-refractivity contribution is 5.96. The van der Waals surface area contributed by atoms with Crippen molar-refractivity contribution in [2.75, 3.05) is 78.7 Å². The minimum atomic E-state index is -0.384. The molecule has 1 unspecified atom stereocenters. The molecule has 2 aliphatic heterocycles. The second kappa shape index (κ2) is 16.1. The maximum Gasteiger partial charge on any atom is 0.254 e. The summed E-state index contributed by atoms with van der Waals surface area (Å²) in [4.78, 5) is 29.3. The third-order valence-electron chi connectivity index (χ3n) is 10.4. The van der Waals surface area contributed by atoms with Crippen molar-refractivity contribution in [3.05, 3.63) is 77.6 Å². The second-order valence-corrected chi connectivity index (χ2v) is 13.3. The lowest BCUT2D eigenvalue weighted by atomic mass is 9.71. The summed E-state index contributed by atoms with van der Waals surface area (Å²) in [5, 5.41) is 0. The zero-order chi connectivity index (χ0) is 35.1. The standard InChI is InChI=1S/C39H50FN5O5/c1-5-50-23-22-45(38-41-32-12-6-7-13-33(32)42-38)31-14-19-43(20-15-31)21-17-39(29-10-8-11-30(40)26-29)16-9-18-44(27-39)37(46)28-24-34(47-2)36(49-4)35(25-28)48-3/h6-8,10-13,24-26,31H,5,9,14-23,27H2,1-4H3,(H,41,42). The number of nitrogens with one attached hydrogen (secondary N) is 1. The Hall–Kier alpha value is -4.35. The number of H-pyrrole nitrogens is 1. The fourth-order valence-electron chi connectivity index (χ4n) is 7.77. The van der Waals surface area contributed by atoms with Crippen molar-refractivity contribution in [1.82, 2.24) is 19.8 Å². The van der Waals surface area contributed by atoms with Crippen LogP contribution >= 0.6 is 0 Å². The van der Waals surface area contributed by atoms with Gasteiger partial charge in [0.25, 0.3) is 5.91 Å². The highest BCUT2D eigenvalue weighted by atomic mass is 19.1. The van der Waals surface area contributed by atoms with Gasteiger partial charge in [-0.2, -0.15) is 0 Å². The molecule has 3 aromatic carbocycles. The van der Waals surface area contributed by atoms with Crippen LogP contribution in [0, 0.1) is 5.82 Å². The Balaban J connectivity index is 1.17. The number of carbonyl (C=O) groups excluding carboxylic acids is 1. The molecular formula is C39H50FN5O5. The number of ether oxygens (including phenoxy) is 4. The van der Waals surface area contributed by atoms with Crippen molar-refractivity contribution in [3.8, 4) is 17.2 Å². The molecule has 6 rings (SSSR count). The molecule has 11 heteroatoms. The fraction of sp³-hybridized carbons (Fsp3) is 0.487. The Labute approximate surface area is 294 Å². The number of hydrogen-bond donors (Lipinski definition) is 1. The SMILES string of the molecule is CCOCCN(c1nc2ccccc2[nH]1)C1CCN(CCC2(c3cccc(F)c3)CCCN(C(=O)c3cc(OC)c(OC)c(OC)c3)C2)CC1. The van der Waals surface area contributed by atoms with Crippen LogP contribution in [0.25, 0.3) is 11.0 Å². The van der Waals surface area contributed by atoms with Gasteiger partial charge in [0.2, 0.25) is 11.7 Å². The average molecular weight is 688 g/mol. The van der Waals surface area contributed by atoms with Crippen LogP contribution in [0.4, 0.5) is 10.3 Å². The number of rotatable bonds is 14. The number of likely N-dealkylation sites (tertiary alicyclic amines) is 2. The largest absolute Gasteiger partial charge is 0.493 e. The first-order valence-electron chi connectivity index (χ1n) is 17.7. The van der Waals surface area contributed by atoms with Crippen LogP contribution in [0.15, 0.2) is 60.7 Å². The van der Waals surface area contributed by atoms with Crippen LogP contribution in [0.5, 0.6) is 17.2 Å². The number of fused-ring (bicyclic) bond motifs is 1. The van der Waals surface area contributed by atoms with Crippen molar-refractivity contribution < 1.29 is 28.1 Å². The number of nitrogens with zero attached hydrogens (tertiary/aromatic N) is 4. The van der Waals surface area contributed by atoms with Gasteiger partial charge >= 0.3 is 0 Å². The third-order valence-corrected chi connectivity index (χ3v) is 10.4. The summed E-state index contributed by atoms with van der Waals surface area (Å²) in [5.74, 6) is 1.84. The van der Waals surface area contributed by atoms with Gasteiger partial charge < -0.3 is 38.6 Å². The summed E-state index contributed by atoms with van der Waals surface area (Å²) >= 11 is 0. The normalized spacial score (nSPS) is 18.7. The molecular weight excluding hydrogens is 637 g/mol. The maximum atomic E-state index is 14.7. The van der Waals surface area contributed by atoms with Gasteiger partial charge in [-0.3, -0.25) is 4.79 Å². The van der Waals surface area contributed by atoms with E-state index >= 15 is 0 Å². The molecule has 2 aliphatic rings. The molecule has 0 aliphatic carbocycles. The van der Waals surface area contributed by atoms with Crippen LogP contribution in [0.3, 0.4) is 0 Å². The van der Waals surface area contributed by atoms with Gasteiger partial charge in [-0.1, -0.05) is 24.3 Å². The van der Waals surface area contributed by atoms with Crippen molar-refractivity contribution in [1.29, 1.82) is 0 Å². The van der Waals surface area contributed by atoms with E-state index in [1.807, 2.05) is 36.1 Å². The summed E-state index contributed by atoms with van der Waals surface area (Å²) in [6.45, 7) is 8.01. The number of halogens is 1. The number of anilines is 1. The van der Waals surface area contributed by atoms with Gasteiger partial charge in [-0.15, -0.1) is 0 Å². The topological polar surface area (TPSA) is 92.4 Å². The predicted molar refractivity (Wildman–Crippen MR) is 193 cm³/mol. The van der Waals surface area contributed by atoms with E-state index in [4.69, 9.17) is 23.9 Å². The first-order valence-corrected chi connectivity index (χ1v) is 17.7. The zero-order valence-electron chi connectivity index (χ0n) is 29.8. The fourth-order valence-corrected chi connectivity index (χ4v) is 7.77. The molecule has 10 nitrogen and oxygen atoms in total. The molecule has 50 heavy (non-hydrogen) atoms. The summed E-state index contributed by atoms with van der Waals surface area (Å²) in [7, 11) is 4.63. The lowest BCUT2D eigenvalue weighted by Crippen LogP contribution is -2.51. The van der Waals surface area contributed by atoms with Crippen LogP contribution in [0.1, 0.15) is 54.9 Å². The van der Waals surface area contributed by atoms with E-state index in [1.54, 1.807) is 45.6 Å².